The van der Waals surface area contributed by atoms with E-state index in [0.29, 0.717) is 0 Å². The van der Waals surface area contributed by atoms with Crippen molar-refractivity contribution in [2.75, 3.05) is 0 Å². The van der Waals surface area contributed by atoms with Gasteiger partial charge in [-0.3, -0.25) is 0 Å². The molecule has 0 spiro atoms. The zero-order chi connectivity index (χ0) is 27.8. The molecular formula is C41H27N. The highest BCUT2D eigenvalue weighted by Crippen LogP contribution is 2.45. The van der Waals surface area contributed by atoms with Crippen LogP contribution < -0.4 is 0 Å². The van der Waals surface area contributed by atoms with E-state index < -0.39 is 0 Å². The van der Waals surface area contributed by atoms with Gasteiger partial charge in [0.1, 0.15) is 0 Å². The van der Waals surface area contributed by atoms with Gasteiger partial charge in [-0.1, -0.05) is 115 Å². The average Bonchev–Trinajstić information content (AvgIpc) is 3.39. The third kappa shape index (κ3) is 3.19. The first-order valence-electron chi connectivity index (χ1n) is 14.6. The summed E-state index contributed by atoms with van der Waals surface area (Å²) >= 11 is 0. The fourth-order valence-corrected chi connectivity index (χ4v) is 7.29. The molecule has 0 fully saturated rings. The van der Waals surface area contributed by atoms with Gasteiger partial charge in [-0.05, 0) is 97.0 Å². The number of nitrogens with zero attached hydrogens (tertiary/aromatic N) is 1. The summed E-state index contributed by atoms with van der Waals surface area (Å²) in [6, 6.07) is 53.5. The highest BCUT2D eigenvalue weighted by atomic mass is 15.0. The lowest BCUT2D eigenvalue weighted by Gasteiger charge is -2.19. The van der Waals surface area contributed by atoms with E-state index in [2.05, 4.69) is 157 Å². The molecule has 0 radical (unpaired) electrons. The predicted octanol–water partition coefficient (Wildman–Crippen LogP) is 11.4. The van der Waals surface area contributed by atoms with E-state index in [4.69, 9.17) is 0 Å². The Morgan fingerprint density at radius 1 is 0.405 bits per heavy atom. The van der Waals surface area contributed by atoms with Gasteiger partial charge >= 0.3 is 0 Å². The highest BCUT2D eigenvalue weighted by Gasteiger charge is 2.18. The lowest BCUT2D eigenvalue weighted by atomic mass is 9.85. The lowest BCUT2D eigenvalue weighted by molar-refractivity contribution is 1.18. The van der Waals surface area contributed by atoms with Crippen LogP contribution in [0.25, 0.3) is 81.7 Å². The number of fused-ring (bicyclic) bond motifs is 10. The van der Waals surface area contributed by atoms with Gasteiger partial charge < -0.3 is 4.57 Å². The summed E-state index contributed by atoms with van der Waals surface area (Å²) in [4.78, 5) is 0. The molecular weight excluding hydrogens is 506 g/mol. The molecule has 196 valence electrons. The number of aryl methyl sites for hydroxylation is 1. The minimum atomic E-state index is 1.17. The van der Waals surface area contributed by atoms with E-state index in [1.807, 2.05) is 0 Å². The molecule has 0 unspecified atom stereocenters. The van der Waals surface area contributed by atoms with E-state index in [0.717, 1.165) is 0 Å². The lowest BCUT2D eigenvalue weighted by Crippen LogP contribution is -1.95. The van der Waals surface area contributed by atoms with Crippen LogP contribution >= 0.6 is 0 Å². The van der Waals surface area contributed by atoms with Gasteiger partial charge in [0, 0.05) is 16.5 Å². The van der Waals surface area contributed by atoms with Crippen LogP contribution in [-0.2, 0) is 0 Å². The van der Waals surface area contributed by atoms with Crippen LogP contribution in [0, 0.1) is 6.92 Å². The van der Waals surface area contributed by atoms with Crippen LogP contribution in [0.5, 0.6) is 0 Å². The van der Waals surface area contributed by atoms with Gasteiger partial charge in [0.15, 0.2) is 0 Å². The van der Waals surface area contributed by atoms with Crippen LogP contribution in [0.4, 0.5) is 0 Å². The first-order valence-corrected chi connectivity index (χ1v) is 14.6. The summed E-state index contributed by atoms with van der Waals surface area (Å²) in [5.41, 5.74) is 7.49. The van der Waals surface area contributed by atoms with Gasteiger partial charge in [-0.25, -0.2) is 0 Å². The molecule has 0 saturated carbocycles. The smallest absolute Gasteiger partial charge is 0.0541 e. The van der Waals surface area contributed by atoms with Crippen molar-refractivity contribution in [1.29, 1.82) is 0 Å². The molecule has 0 aliphatic carbocycles. The molecule has 9 rings (SSSR count). The monoisotopic (exact) mass is 533 g/mol. The molecule has 0 atom stereocenters. The predicted molar refractivity (Wildman–Crippen MR) is 181 cm³/mol. The summed E-state index contributed by atoms with van der Waals surface area (Å²) in [7, 11) is 0. The second kappa shape index (κ2) is 8.80. The SMILES string of the molecule is Cc1cccc2cc3c4ccccc4c4ccccc4c3c(-c3ccc(-n4c5ccccc5c5ccccc54)cc3)c12. The Kier molecular flexibility index (Phi) is 4.88. The molecule has 0 bridgehead atoms. The van der Waals surface area contributed by atoms with Crippen molar-refractivity contribution < 1.29 is 0 Å². The van der Waals surface area contributed by atoms with Crippen molar-refractivity contribution in [3.8, 4) is 16.8 Å². The van der Waals surface area contributed by atoms with Crippen molar-refractivity contribution in [1.82, 2.24) is 4.57 Å². The van der Waals surface area contributed by atoms with Crippen LogP contribution in [-0.4, -0.2) is 4.57 Å². The minimum Gasteiger partial charge on any atom is -0.309 e. The van der Waals surface area contributed by atoms with Gasteiger partial charge in [-0.2, -0.15) is 0 Å². The van der Waals surface area contributed by atoms with Crippen LogP contribution in [0.3, 0.4) is 0 Å². The number of hydrogen-bond acceptors (Lipinski definition) is 0. The maximum Gasteiger partial charge on any atom is 0.0541 e. The fourth-order valence-electron chi connectivity index (χ4n) is 7.29. The topological polar surface area (TPSA) is 4.93 Å². The van der Waals surface area contributed by atoms with Crippen molar-refractivity contribution in [3.63, 3.8) is 0 Å². The van der Waals surface area contributed by atoms with Crippen molar-refractivity contribution in [2.45, 2.75) is 6.92 Å². The third-order valence-electron chi connectivity index (χ3n) is 9.07. The zero-order valence-corrected chi connectivity index (χ0v) is 23.3. The summed E-state index contributed by atoms with van der Waals surface area (Å²) in [5.74, 6) is 0. The molecule has 1 nitrogen and oxygen atoms in total. The van der Waals surface area contributed by atoms with Gasteiger partial charge in [-0.15, -0.1) is 0 Å². The van der Waals surface area contributed by atoms with Gasteiger partial charge in [0.2, 0.25) is 0 Å². The standard InChI is InChI=1S/C41H27N/c1-26-11-10-12-28-25-36-32-15-3-2-13-30(32)31-14-4-5-18-35(31)41(36)40(39(26)28)27-21-23-29(24-22-27)42-37-19-8-6-16-33(37)34-17-7-9-20-38(34)42/h2-25H,1H3. The first-order chi connectivity index (χ1) is 20.8. The first kappa shape index (κ1) is 23.3. The number of rotatable bonds is 2. The van der Waals surface area contributed by atoms with E-state index in [-0.39, 0.29) is 0 Å². The Morgan fingerprint density at radius 3 is 1.57 bits per heavy atom. The molecule has 1 heteroatoms. The number of benzene rings is 8. The Labute approximate surface area is 243 Å². The molecule has 1 aromatic heterocycles. The maximum absolute atomic E-state index is 2.41. The summed E-state index contributed by atoms with van der Waals surface area (Å²) in [5, 5.41) is 13.0. The second-order valence-corrected chi connectivity index (χ2v) is 11.4. The Hall–Kier alpha value is -5.40. The molecule has 8 aromatic carbocycles. The van der Waals surface area contributed by atoms with Crippen molar-refractivity contribution >= 4 is 64.9 Å². The largest absolute Gasteiger partial charge is 0.309 e. The Balaban J connectivity index is 1.39. The Bertz CT molecular complexity index is 2460. The molecule has 1 heterocycles. The van der Waals surface area contributed by atoms with Gasteiger partial charge in [0.25, 0.3) is 0 Å². The fraction of sp³-hybridized carbons (Fsp3) is 0.0244. The molecule has 0 aliphatic rings. The second-order valence-electron chi connectivity index (χ2n) is 11.4. The normalized spacial score (nSPS) is 11.9. The average molecular weight is 534 g/mol. The molecule has 0 N–H and O–H groups in total. The van der Waals surface area contributed by atoms with E-state index in [1.165, 1.54) is 87.3 Å². The maximum atomic E-state index is 2.41. The quantitative estimate of drug-likeness (QED) is 0.154. The highest BCUT2D eigenvalue weighted by molar-refractivity contribution is 6.32. The summed E-state index contributed by atoms with van der Waals surface area (Å²) in [6.07, 6.45) is 0. The molecule has 0 saturated heterocycles. The minimum absolute atomic E-state index is 1.17. The number of hydrogen-bond donors (Lipinski definition) is 0. The van der Waals surface area contributed by atoms with Crippen LogP contribution in [0.2, 0.25) is 0 Å². The van der Waals surface area contributed by atoms with E-state index in [9.17, 15) is 0 Å². The van der Waals surface area contributed by atoms with Gasteiger partial charge in [0.05, 0.1) is 11.0 Å². The Morgan fingerprint density at radius 2 is 0.929 bits per heavy atom. The molecule has 9 aromatic rings. The molecule has 42 heavy (non-hydrogen) atoms. The van der Waals surface area contributed by atoms with Crippen molar-refractivity contribution in [3.05, 3.63) is 151 Å². The number of para-hydroxylation sites is 2. The third-order valence-corrected chi connectivity index (χ3v) is 9.07. The summed E-state index contributed by atoms with van der Waals surface area (Å²) in [6.45, 7) is 2.24. The van der Waals surface area contributed by atoms with E-state index in [1.54, 1.807) is 0 Å². The van der Waals surface area contributed by atoms with Crippen LogP contribution in [0.1, 0.15) is 5.56 Å². The number of aromatic nitrogens is 1. The molecule has 0 amide bonds. The van der Waals surface area contributed by atoms with E-state index >= 15 is 0 Å². The van der Waals surface area contributed by atoms with Crippen molar-refractivity contribution in [2.24, 2.45) is 0 Å². The van der Waals surface area contributed by atoms with Crippen LogP contribution in [0.15, 0.2) is 146 Å². The summed E-state index contributed by atoms with van der Waals surface area (Å²) < 4.78 is 2.39. The zero-order valence-electron chi connectivity index (χ0n) is 23.3. The molecule has 0 aliphatic heterocycles.